The van der Waals surface area contributed by atoms with Crippen molar-refractivity contribution in [3.8, 4) is 5.88 Å². The fourth-order valence-corrected chi connectivity index (χ4v) is 1.55. The molecule has 0 atom stereocenters. The van der Waals surface area contributed by atoms with E-state index >= 15 is 0 Å². The maximum absolute atomic E-state index is 5.10. The normalized spacial score (nSPS) is 10.7. The lowest BCUT2D eigenvalue weighted by Crippen LogP contribution is -1.95. The van der Waals surface area contributed by atoms with Crippen molar-refractivity contribution in [2.45, 2.75) is 6.92 Å². The van der Waals surface area contributed by atoms with Gasteiger partial charge in [-0.1, -0.05) is 0 Å². The maximum atomic E-state index is 5.10. The number of aromatic nitrogens is 3. The molecule has 0 spiro atoms. The van der Waals surface area contributed by atoms with Crippen LogP contribution >= 0.6 is 15.9 Å². The van der Waals surface area contributed by atoms with Gasteiger partial charge in [0.15, 0.2) is 0 Å². The first-order valence-electron chi connectivity index (χ1n) is 3.76. The summed E-state index contributed by atoms with van der Waals surface area (Å²) in [4.78, 5) is 8.33. The largest absolute Gasteiger partial charge is 0.478 e. The van der Waals surface area contributed by atoms with Crippen molar-refractivity contribution in [3.05, 3.63) is 22.7 Å². The Morgan fingerprint density at radius 3 is 3.00 bits per heavy atom. The second-order valence-corrected chi connectivity index (χ2v) is 3.48. The lowest BCUT2D eigenvalue weighted by Gasteiger charge is -2.02. The van der Waals surface area contributed by atoms with E-state index in [0.29, 0.717) is 5.88 Å². The van der Waals surface area contributed by atoms with Gasteiger partial charge in [0.2, 0.25) is 5.65 Å². The topological polar surface area (TPSA) is 39.4 Å². The summed E-state index contributed by atoms with van der Waals surface area (Å²) < 4.78 is 7.76. The number of aryl methyl sites for hydroxylation is 1. The minimum absolute atomic E-state index is 0.530. The van der Waals surface area contributed by atoms with Crippen LogP contribution < -0.4 is 4.74 Å². The smallest absolute Gasteiger partial charge is 0.259 e. The summed E-state index contributed by atoms with van der Waals surface area (Å²) >= 11 is 3.30. The number of rotatable bonds is 1. The molecule has 0 aromatic carbocycles. The zero-order valence-electron chi connectivity index (χ0n) is 7.28. The zero-order chi connectivity index (χ0) is 9.42. The van der Waals surface area contributed by atoms with Crippen molar-refractivity contribution in [2.75, 3.05) is 7.11 Å². The number of ether oxygens (including phenoxy) is 1. The third-order valence-electron chi connectivity index (χ3n) is 1.81. The molecule has 0 amide bonds. The van der Waals surface area contributed by atoms with Gasteiger partial charge >= 0.3 is 0 Å². The van der Waals surface area contributed by atoms with Gasteiger partial charge in [-0.2, -0.15) is 0 Å². The molecular weight excluding hydrogens is 234 g/mol. The van der Waals surface area contributed by atoms with Gasteiger partial charge in [-0.25, -0.2) is 9.97 Å². The first kappa shape index (κ1) is 8.50. The maximum Gasteiger partial charge on any atom is 0.259 e. The van der Waals surface area contributed by atoms with Crippen LogP contribution in [0.4, 0.5) is 0 Å². The average Bonchev–Trinajstić information content (AvgIpc) is 2.47. The van der Waals surface area contributed by atoms with Gasteiger partial charge in [0.25, 0.3) is 5.88 Å². The van der Waals surface area contributed by atoms with Crippen LogP contribution in [-0.4, -0.2) is 21.5 Å². The van der Waals surface area contributed by atoms with Crippen LogP contribution in [0.3, 0.4) is 0 Å². The van der Waals surface area contributed by atoms with Gasteiger partial charge in [-0.15, -0.1) is 0 Å². The van der Waals surface area contributed by atoms with Crippen LogP contribution in [0.2, 0.25) is 0 Å². The standard InChI is InChI=1S/C8H8BrN3O/c1-5-3-10-7-8(13-2)11-6(9)4-12(5)7/h3-4H,1-2H3. The molecule has 0 saturated carbocycles. The summed E-state index contributed by atoms with van der Waals surface area (Å²) in [6.07, 6.45) is 3.64. The molecule has 0 radical (unpaired) electrons. The van der Waals surface area contributed by atoms with E-state index in [1.807, 2.05) is 17.5 Å². The van der Waals surface area contributed by atoms with Crippen molar-refractivity contribution < 1.29 is 4.74 Å². The minimum atomic E-state index is 0.530. The number of methoxy groups -OCH3 is 1. The Morgan fingerprint density at radius 1 is 1.54 bits per heavy atom. The Labute approximate surface area is 83.7 Å². The molecule has 0 aliphatic heterocycles. The van der Waals surface area contributed by atoms with E-state index in [4.69, 9.17) is 4.74 Å². The zero-order valence-corrected chi connectivity index (χ0v) is 8.87. The Balaban J connectivity index is 2.84. The van der Waals surface area contributed by atoms with Gasteiger partial charge in [0, 0.05) is 18.1 Å². The third-order valence-corrected chi connectivity index (χ3v) is 2.19. The lowest BCUT2D eigenvalue weighted by atomic mass is 10.5. The molecule has 2 rings (SSSR count). The number of hydrogen-bond donors (Lipinski definition) is 0. The van der Waals surface area contributed by atoms with E-state index in [1.54, 1.807) is 13.3 Å². The first-order chi connectivity index (χ1) is 6.22. The van der Waals surface area contributed by atoms with E-state index in [-0.39, 0.29) is 0 Å². The molecular formula is C8H8BrN3O. The summed E-state index contributed by atoms with van der Waals surface area (Å²) in [5, 5.41) is 0. The molecule has 13 heavy (non-hydrogen) atoms. The predicted octanol–water partition coefficient (Wildman–Crippen LogP) is 1.81. The molecule has 0 unspecified atom stereocenters. The first-order valence-corrected chi connectivity index (χ1v) is 4.56. The molecule has 2 heterocycles. The Kier molecular flexibility index (Phi) is 1.95. The van der Waals surface area contributed by atoms with E-state index in [1.165, 1.54) is 0 Å². The van der Waals surface area contributed by atoms with E-state index < -0.39 is 0 Å². The van der Waals surface area contributed by atoms with Gasteiger partial charge in [0.1, 0.15) is 4.60 Å². The number of fused-ring (bicyclic) bond motifs is 1. The summed E-state index contributed by atoms with van der Waals surface area (Å²) in [7, 11) is 1.58. The highest BCUT2D eigenvalue weighted by molar-refractivity contribution is 9.10. The number of nitrogens with zero attached hydrogens (tertiary/aromatic N) is 3. The highest BCUT2D eigenvalue weighted by Gasteiger charge is 2.07. The lowest BCUT2D eigenvalue weighted by molar-refractivity contribution is 0.399. The van der Waals surface area contributed by atoms with Crippen LogP contribution in [-0.2, 0) is 0 Å². The third kappa shape index (κ3) is 1.29. The van der Waals surface area contributed by atoms with Crippen molar-refractivity contribution in [2.24, 2.45) is 0 Å². The molecule has 2 aromatic rings. The van der Waals surface area contributed by atoms with Crippen molar-refractivity contribution in [1.82, 2.24) is 14.4 Å². The highest BCUT2D eigenvalue weighted by Crippen LogP contribution is 2.19. The summed E-state index contributed by atoms with van der Waals surface area (Å²) in [5.41, 5.74) is 1.79. The minimum Gasteiger partial charge on any atom is -0.478 e. The van der Waals surface area contributed by atoms with Crippen LogP contribution in [0, 0.1) is 6.92 Å². The van der Waals surface area contributed by atoms with Crippen molar-refractivity contribution >= 4 is 21.6 Å². The SMILES string of the molecule is COc1nc(Br)cn2c(C)cnc12. The molecule has 0 aliphatic carbocycles. The summed E-state index contributed by atoms with van der Waals surface area (Å²) in [5.74, 6) is 0.530. The fraction of sp³-hybridized carbons (Fsp3) is 0.250. The van der Waals surface area contributed by atoms with Gasteiger partial charge < -0.3 is 4.74 Å². The van der Waals surface area contributed by atoms with Gasteiger partial charge in [-0.3, -0.25) is 4.40 Å². The van der Waals surface area contributed by atoms with Crippen molar-refractivity contribution in [3.63, 3.8) is 0 Å². The van der Waals surface area contributed by atoms with Crippen molar-refractivity contribution in [1.29, 1.82) is 0 Å². The Hall–Kier alpha value is -1.10. The predicted molar refractivity (Wildman–Crippen MR) is 52.0 cm³/mol. The molecule has 0 N–H and O–H groups in total. The fourth-order valence-electron chi connectivity index (χ4n) is 1.19. The molecule has 0 bridgehead atoms. The number of halogens is 1. The van der Waals surface area contributed by atoms with Gasteiger partial charge in [-0.05, 0) is 22.9 Å². The average molecular weight is 242 g/mol. The molecule has 0 saturated heterocycles. The summed E-state index contributed by atoms with van der Waals surface area (Å²) in [6, 6.07) is 0. The molecule has 0 fully saturated rings. The monoisotopic (exact) mass is 241 g/mol. The highest BCUT2D eigenvalue weighted by atomic mass is 79.9. The van der Waals surface area contributed by atoms with Crippen LogP contribution in [0.5, 0.6) is 5.88 Å². The molecule has 4 nitrogen and oxygen atoms in total. The van der Waals surface area contributed by atoms with Crippen LogP contribution in [0.15, 0.2) is 17.0 Å². The quantitative estimate of drug-likeness (QED) is 0.765. The summed E-state index contributed by atoms with van der Waals surface area (Å²) in [6.45, 7) is 1.98. The van der Waals surface area contributed by atoms with Crippen LogP contribution in [0.1, 0.15) is 5.69 Å². The Bertz CT molecular complexity index is 452. The second kappa shape index (κ2) is 2.99. The number of hydrogen-bond acceptors (Lipinski definition) is 3. The molecule has 2 aromatic heterocycles. The molecule has 0 aliphatic rings. The van der Waals surface area contributed by atoms with E-state index in [2.05, 4.69) is 25.9 Å². The van der Waals surface area contributed by atoms with Gasteiger partial charge in [0.05, 0.1) is 7.11 Å². The second-order valence-electron chi connectivity index (χ2n) is 2.67. The number of imidazole rings is 1. The van der Waals surface area contributed by atoms with E-state index in [9.17, 15) is 0 Å². The molecule has 5 heteroatoms. The van der Waals surface area contributed by atoms with E-state index in [0.717, 1.165) is 15.9 Å². The van der Waals surface area contributed by atoms with Crippen LogP contribution in [0.25, 0.3) is 5.65 Å². The molecule has 68 valence electrons. The Morgan fingerprint density at radius 2 is 2.31 bits per heavy atom.